The normalized spacial score (nSPS) is 24.0. The second-order valence-electron chi connectivity index (χ2n) is 8.17. The van der Waals surface area contributed by atoms with E-state index in [2.05, 4.69) is 0 Å². The fraction of sp³-hybridized carbons (Fsp3) is 0.409. The van der Waals surface area contributed by atoms with Gasteiger partial charge in [0.15, 0.2) is 9.84 Å². The molecular weight excluding hydrogens is 391 g/mol. The van der Waals surface area contributed by atoms with Gasteiger partial charge >= 0.3 is 0 Å². The molecule has 0 spiro atoms. The first-order chi connectivity index (χ1) is 13.7. The largest absolute Gasteiger partial charge is 0.306 e. The van der Waals surface area contributed by atoms with E-state index < -0.39 is 9.84 Å². The fourth-order valence-electron chi connectivity index (χ4n) is 4.55. The number of hydrogen-bond donors (Lipinski definition) is 0. The van der Waals surface area contributed by atoms with Crippen LogP contribution in [0.25, 0.3) is 0 Å². The number of halogens is 1. The Kier molecular flexibility index (Phi) is 5.21. The molecule has 0 bridgehead atoms. The number of nitrogens with zero attached hydrogens (tertiary/aromatic N) is 2. The summed E-state index contributed by atoms with van der Waals surface area (Å²) in [5.74, 6) is -0.306. The summed E-state index contributed by atoms with van der Waals surface area (Å²) in [4.78, 5) is 16.8. The molecule has 2 aromatic rings. The Balaban J connectivity index is 1.60. The summed E-state index contributed by atoms with van der Waals surface area (Å²) in [7, 11) is -3.22. The lowest BCUT2D eigenvalue weighted by Gasteiger charge is -2.43. The summed E-state index contributed by atoms with van der Waals surface area (Å²) in [5, 5.41) is 0. The van der Waals surface area contributed by atoms with Gasteiger partial charge in [-0.05, 0) is 61.2 Å². The number of amides is 1. The van der Waals surface area contributed by atoms with Crippen LogP contribution in [0.15, 0.2) is 42.5 Å². The Labute approximate surface area is 171 Å². The van der Waals surface area contributed by atoms with Crippen molar-refractivity contribution in [2.24, 2.45) is 0 Å². The molecule has 2 aliphatic rings. The lowest BCUT2D eigenvalue weighted by Crippen LogP contribution is -2.62. The van der Waals surface area contributed by atoms with E-state index >= 15 is 0 Å². The number of carbonyl (C=O) groups is 1. The van der Waals surface area contributed by atoms with Crippen LogP contribution < -0.4 is 4.90 Å². The van der Waals surface area contributed by atoms with Gasteiger partial charge in [0.05, 0.1) is 24.1 Å². The van der Waals surface area contributed by atoms with Crippen molar-refractivity contribution in [3.63, 3.8) is 0 Å². The van der Waals surface area contributed by atoms with E-state index in [0.29, 0.717) is 13.0 Å². The molecule has 154 valence electrons. The van der Waals surface area contributed by atoms with Crippen LogP contribution in [0.5, 0.6) is 0 Å². The van der Waals surface area contributed by atoms with Crippen LogP contribution in [0.1, 0.15) is 16.7 Å². The average molecular weight is 417 g/mol. The third kappa shape index (κ3) is 4.21. The number of anilines is 1. The maximum atomic E-state index is 13.1. The highest BCUT2D eigenvalue weighted by atomic mass is 32.2. The lowest BCUT2D eigenvalue weighted by atomic mass is 10.0. The molecule has 29 heavy (non-hydrogen) atoms. The zero-order chi connectivity index (χ0) is 20.8. The maximum absolute atomic E-state index is 13.1. The van der Waals surface area contributed by atoms with Gasteiger partial charge in [0.1, 0.15) is 5.82 Å². The zero-order valence-electron chi connectivity index (χ0n) is 16.6. The zero-order valence-corrected chi connectivity index (χ0v) is 17.5. The van der Waals surface area contributed by atoms with Gasteiger partial charge in [-0.25, -0.2) is 12.8 Å². The van der Waals surface area contributed by atoms with E-state index in [9.17, 15) is 17.6 Å². The van der Waals surface area contributed by atoms with Gasteiger partial charge in [-0.3, -0.25) is 9.69 Å². The molecule has 0 unspecified atom stereocenters. The van der Waals surface area contributed by atoms with Crippen LogP contribution in [-0.4, -0.2) is 55.9 Å². The molecule has 0 aliphatic carbocycles. The summed E-state index contributed by atoms with van der Waals surface area (Å²) < 4.78 is 38.1. The Hall–Kier alpha value is -2.25. The van der Waals surface area contributed by atoms with Crippen LogP contribution in [0.2, 0.25) is 0 Å². The second kappa shape index (κ2) is 7.54. The van der Waals surface area contributed by atoms with E-state index in [1.807, 2.05) is 36.9 Å². The van der Waals surface area contributed by atoms with Crippen LogP contribution >= 0.6 is 0 Å². The molecule has 2 fully saturated rings. The third-order valence-electron chi connectivity index (χ3n) is 5.79. The summed E-state index contributed by atoms with van der Waals surface area (Å²) in [5.41, 5.74) is 3.83. The topological polar surface area (TPSA) is 57.7 Å². The molecule has 1 amide bonds. The maximum Gasteiger partial charge on any atom is 0.241 e. The minimum absolute atomic E-state index is 0.0105. The molecule has 2 aromatic carbocycles. The van der Waals surface area contributed by atoms with Crippen molar-refractivity contribution in [3.05, 3.63) is 65.0 Å². The van der Waals surface area contributed by atoms with Crippen molar-refractivity contribution in [1.29, 1.82) is 0 Å². The smallest absolute Gasteiger partial charge is 0.241 e. The van der Waals surface area contributed by atoms with Gasteiger partial charge in [0.2, 0.25) is 5.91 Å². The van der Waals surface area contributed by atoms with Gasteiger partial charge in [0.25, 0.3) is 0 Å². The molecule has 2 heterocycles. The number of rotatable bonds is 4. The molecule has 7 heteroatoms. The molecular formula is C22H25FN2O3S. The Morgan fingerprint density at radius 1 is 1.00 bits per heavy atom. The number of hydrogen-bond acceptors (Lipinski definition) is 4. The summed E-state index contributed by atoms with van der Waals surface area (Å²) in [6.07, 6.45) is 0.639. The standard InChI is InChI=1S/C22H25FN2O3S/c1-15-9-16(2)11-19(10-15)25-21-14-29(27,28)13-20(21)24(12-22(25)26)8-7-17-3-5-18(23)6-4-17/h3-6,9-11,20-21H,7-8,12-14H2,1-2H3/t20-,21+/m0/s1. The van der Waals surface area contributed by atoms with Crippen LogP contribution in [0.3, 0.4) is 0 Å². The molecule has 5 nitrogen and oxygen atoms in total. The molecule has 0 saturated carbocycles. The molecule has 4 rings (SSSR count). The molecule has 2 aliphatic heterocycles. The summed E-state index contributed by atoms with van der Waals surface area (Å²) >= 11 is 0. The van der Waals surface area contributed by atoms with Crippen molar-refractivity contribution < 1.29 is 17.6 Å². The van der Waals surface area contributed by atoms with E-state index in [-0.39, 0.29) is 41.9 Å². The Morgan fingerprint density at radius 2 is 1.62 bits per heavy atom. The van der Waals surface area contributed by atoms with E-state index in [1.54, 1.807) is 17.0 Å². The van der Waals surface area contributed by atoms with Gasteiger partial charge in [-0.1, -0.05) is 18.2 Å². The first kappa shape index (κ1) is 20.0. The van der Waals surface area contributed by atoms with Crippen molar-refractivity contribution in [2.45, 2.75) is 32.4 Å². The highest BCUT2D eigenvalue weighted by Crippen LogP contribution is 2.32. The quantitative estimate of drug-likeness (QED) is 0.769. The van der Waals surface area contributed by atoms with Crippen molar-refractivity contribution in [2.75, 3.05) is 29.5 Å². The van der Waals surface area contributed by atoms with Crippen LogP contribution in [-0.2, 0) is 21.1 Å². The van der Waals surface area contributed by atoms with Gasteiger partial charge in [-0.2, -0.15) is 0 Å². The number of sulfone groups is 1. The third-order valence-corrected chi connectivity index (χ3v) is 7.49. The summed E-state index contributed by atoms with van der Waals surface area (Å²) in [6.45, 7) is 4.70. The molecule has 0 radical (unpaired) electrons. The second-order valence-corrected chi connectivity index (χ2v) is 10.3. The lowest BCUT2D eigenvalue weighted by molar-refractivity contribution is -0.123. The number of benzene rings is 2. The number of aryl methyl sites for hydroxylation is 2. The molecule has 2 saturated heterocycles. The predicted molar refractivity (Wildman–Crippen MR) is 111 cm³/mol. The van der Waals surface area contributed by atoms with E-state index in [0.717, 1.165) is 22.4 Å². The fourth-order valence-corrected chi connectivity index (χ4v) is 6.53. The number of carbonyl (C=O) groups excluding carboxylic acids is 1. The van der Waals surface area contributed by atoms with Crippen molar-refractivity contribution in [3.8, 4) is 0 Å². The Bertz CT molecular complexity index is 1020. The molecule has 0 N–H and O–H groups in total. The average Bonchev–Trinajstić information content (AvgIpc) is 2.95. The monoisotopic (exact) mass is 416 g/mol. The first-order valence-electron chi connectivity index (χ1n) is 9.81. The highest BCUT2D eigenvalue weighted by molar-refractivity contribution is 7.91. The van der Waals surface area contributed by atoms with Crippen LogP contribution in [0.4, 0.5) is 10.1 Å². The SMILES string of the molecule is Cc1cc(C)cc(N2C(=O)CN(CCc3ccc(F)cc3)[C@H]3CS(=O)(=O)C[C@H]32)c1. The molecule has 2 atom stereocenters. The minimum atomic E-state index is -3.22. The number of piperazine rings is 1. The van der Waals surface area contributed by atoms with E-state index in [1.165, 1.54) is 12.1 Å². The Morgan fingerprint density at radius 3 is 2.28 bits per heavy atom. The van der Waals surface area contributed by atoms with Crippen LogP contribution in [0, 0.1) is 19.7 Å². The highest BCUT2D eigenvalue weighted by Gasteiger charge is 2.49. The summed E-state index contributed by atoms with van der Waals surface area (Å²) in [6, 6.07) is 11.6. The van der Waals surface area contributed by atoms with Gasteiger partial charge < -0.3 is 4.90 Å². The van der Waals surface area contributed by atoms with E-state index in [4.69, 9.17) is 0 Å². The predicted octanol–water partition coefficient (Wildman–Crippen LogP) is 2.50. The van der Waals surface area contributed by atoms with Gasteiger partial charge in [-0.15, -0.1) is 0 Å². The van der Waals surface area contributed by atoms with Crippen molar-refractivity contribution >= 4 is 21.4 Å². The van der Waals surface area contributed by atoms with Gasteiger partial charge in [0, 0.05) is 18.3 Å². The number of fused-ring (bicyclic) bond motifs is 1. The molecule has 0 aromatic heterocycles. The first-order valence-corrected chi connectivity index (χ1v) is 11.6. The van der Waals surface area contributed by atoms with Crippen molar-refractivity contribution in [1.82, 2.24) is 4.90 Å². The minimum Gasteiger partial charge on any atom is -0.306 e.